The highest BCUT2D eigenvalue weighted by atomic mass is 32.2. The fourth-order valence-corrected chi connectivity index (χ4v) is 2.63. The van der Waals surface area contributed by atoms with Crippen LogP contribution in [0.3, 0.4) is 0 Å². The van der Waals surface area contributed by atoms with Crippen LogP contribution in [0.15, 0.2) is 24.3 Å². The Bertz CT molecular complexity index is 403. The van der Waals surface area contributed by atoms with Gasteiger partial charge in [-0.05, 0) is 29.4 Å². The summed E-state index contributed by atoms with van der Waals surface area (Å²) in [5.41, 5.74) is 2.38. The number of hydrogen-bond donors (Lipinski definition) is 1. The average molecular weight is 262 g/mol. The fourth-order valence-electron chi connectivity index (χ4n) is 1.46. The van der Waals surface area contributed by atoms with Crippen molar-refractivity contribution in [2.75, 3.05) is 12.4 Å². The van der Waals surface area contributed by atoms with Gasteiger partial charge in [-0.1, -0.05) is 44.2 Å². The molecule has 0 aliphatic carbocycles. The van der Waals surface area contributed by atoms with Crippen molar-refractivity contribution in [2.45, 2.75) is 32.4 Å². The molecule has 0 saturated heterocycles. The van der Waals surface area contributed by atoms with Crippen LogP contribution in [-0.2, 0) is 5.75 Å². The second-order valence-electron chi connectivity index (χ2n) is 4.50. The minimum atomic E-state index is 0.136. The van der Waals surface area contributed by atoms with Gasteiger partial charge in [0, 0.05) is 17.7 Å². The maximum atomic E-state index is 8.68. The molecule has 1 unspecified atom stereocenters. The maximum absolute atomic E-state index is 8.68. The van der Waals surface area contributed by atoms with Gasteiger partial charge in [0.25, 0.3) is 0 Å². The number of thioether (sulfide) groups is 1. The number of aliphatic hydroxyl groups excluding tert-OH is 1. The molecule has 18 heavy (non-hydrogen) atoms. The Morgan fingerprint density at radius 1 is 1.39 bits per heavy atom. The van der Waals surface area contributed by atoms with Crippen molar-refractivity contribution < 1.29 is 5.11 Å². The molecule has 0 heterocycles. The molecule has 1 rings (SSSR count). The number of benzene rings is 1. The molecule has 0 radical (unpaired) electrons. The van der Waals surface area contributed by atoms with Gasteiger partial charge in [-0.3, -0.25) is 0 Å². The van der Waals surface area contributed by atoms with Crippen LogP contribution in [0.2, 0.25) is 0 Å². The molecule has 0 saturated carbocycles. The molecule has 1 nitrogen and oxygen atoms in total. The fraction of sp³-hybridized carbons (Fsp3) is 0.500. The maximum Gasteiger partial charge on any atom is 0.0540 e. The van der Waals surface area contributed by atoms with E-state index in [9.17, 15) is 0 Å². The molecule has 0 fully saturated rings. The zero-order chi connectivity index (χ0) is 13.2. The lowest BCUT2D eigenvalue weighted by atomic mass is 10.1. The van der Waals surface area contributed by atoms with Gasteiger partial charge in [0.05, 0.1) is 6.61 Å². The van der Waals surface area contributed by atoms with Crippen molar-refractivity contribution >= 4 is 11.8 Å². The van der Waals surface area contributed by atoms with Gasteiger partial charge in [-0.25, -0.2) is 0 Å². The number of aliphatic hydroxyl groups is 1. The highest BCUT2D eigenvalue weighted by Gasteiger charge is 2.00. The predicted octanol–water partition coefficient (Wildman–Crippen LogP) is 3.70. The summed E-state index contributed by atoms with van der Waals surface area (Å²) < 4.78 is 0. The van der Waals surface area contributed by atoms with Crippen LogP contribution in [0, 0.1) is 17.8 Å². The van der Waals surface area contributed by atoms with Crippen molar-refractivity contribution in [2.24, 2.45) is 5.92 Å². The van der Waals surface area contributed by atoms with Crippen molar-refractivity contribution in [1.82, 2.24) is 0 Å². The summed E-state index contributed by atoms with van der Waals surface area (Å²) in [6, 6.07) is 8.38. The van der Waals surface area contributed by atoms with Crippen molar-refractivity contribution in [3.63, 3.8) is 0 Å². The Morgan fingerprint density at radius 2 is 2.22 bits per heavy atom. The molecular formula is C16H22OS. The minimum Gasteiger partial charge on any atom is -0.395 e. The SMILES string of the molecule is CCC(C)CSCc1cccc(C#CCCO)c1. The van der Waals surface area contributed by atoms with Gasteiger partial charge in [0.1, 0.15) is 0 Å². The molecule has 2 heteroatoms. The summed E-state index contributed by atoms with van der Waals surface area (Å²) in [4.78, 5) is 0. The summed E-state index contributed by atoms with van der Waals surface area (Å²) in [6.45, 7) is 4.67. The van der Waals surface area contributed by atoms with E-state index in [-0.39, 0.29) is 6.61 Å². The first-order valence-electron chi connectivity index (χ1n) is 6.52. The van der Waals surface area contributed by atoms with E-state index in [1.807, 2.05) is 17.8 Å². The Morgan fingerprint density at radius 3 is 2.94 bits per heavy atom. The predicted molar refractivity (Wildman–Crippen MR) is 80.6 cm³/mol. The molecule has 1 aromatic carbocycles. The van der Waals surface area contributed by atoms with Gasteiger partial charge < -0.3 is 5.11 Å². The zero-order valence-corrected chi connectivity index (χ0v) is 12.1. The summed E-state index contributed by atoms with van der Waals surface area (Å²) in [5.74, 6) is 9.10. The normalized spacial score (nSPS) is 11.7. The Labute approximate surface area is 115 Å². The minimum absolute atomic E-state index is 0.136. The first-order chi connectivity index (χ1) is 8.76. The largest absolute Gasteiger partial charge is 0.395 e. The molecule has 0 spiro atoms. The second kappa shape index (κ2) is 9.08. The molecule has 1 atom stereocenters. The smallest absolute Gasteiger partial charge is 0.0540 e. The third-order valence-electron chi connectivity index (χ3n) is 2.76. The summed E-state index contributed by atoms with van der Waals surface area (Å²) >= 11 is 1.99. The highest BCUT2D eigenvalue weighted by molar-refractivity contribution is 7.98. The van der Waals surface area contributed by atoms with Gasteiger partial charge in [-0.2, -0.15) is 11.8 Å². The van der Waals surface area contributed by atoms with Crippen LogP contribution in [-0.4, -0.2) is 17.5 Å². The van der Waals surface area contributed by atoms with E-state index in [1.54, 1.807) is 0 Å². The lowest BCUT2D eigenvalue weighted by Crippen LogP contribution is -1.96. The number of hydrogen-bond acceptors (Lipinski definition) is 2. The van der Waals surface area contributed by atoms with Gasteiger partial charge in [0.2, 0.25) is 0 Å². The molecule has 1 aromatic rings. The van der Waals surface area contributed by atoms with Crippen LogP contribution in [0.1, 0.15) is 37.8 Å². The average Bonchev–Trinajstić information content (AvgIpc) is 2.39. The topological polar surface area (TPSA) is 20.2 Å². The van der Waals surface area contributed by atoms with Crippen LogP contribution in [0.5, 0.6) is 0 Å². The standard InChI is InChI=1S/C16H22OS/c1-3-14(2)12-18-13-16-9-6-8-15(11-16)7-4-5-10-17/h6,8-9,11,14,17H,3,5,10,12-13H2,1-2H3. The van der Waals surface area contributed by atoms with Crippen LogP contribution < -0.4 is 0 Å². The van der Waals surface area contributed by atoms with E-state index in [2.05, 4.69) is 43.9 Å². The van der Waals surface area contributed by atoms with Gasteiger partial charge in [0.15, 0.2) is 0 Å². The van der Waals surface area contributed by atoms with E-state index in [4.69, 9.17) is 5.11 Å². The summed E-state index contributed by atoms with van der Waals surface area (Å²) in [6.07, 6.45) is 1.80. The number of rotatable bonds is 6. The van der Waals surface area contributed by atoms with Crippen LogP contribution >= 0.6 is 11.8 Å². The van der Waals surface area contributed by atoms with E-state index >= 15 is 0 Å². The van der Waals surface area contributed by atoms with E-state index in [0.29, 0.717) is 6.42 Å². The highest BCUT2D eigenvalue weighted by Crippen LogP contribution is 2.17. The second-order valence-corrected chi connectivity index (χ2v) is 5.53. The van der Waals surface area contributed by atoms with E-state index < -0.39 is 0 Å². The Balaban J connectivity index is 2.47. The van der Waals surface area contributed by atoms with Gasteiger partial charge in [-0.15, -0.1) is 0 Å². The molecule has 0 bridgehead atoms. The third-order valence-corrected chi connectivity index (χ3v) is 4.11. The van der Waals surface area contributed by atoms with Gasteiger partial charge >= 0.3 is 0 Å². The molecule has 98 valence electrons. The zero-order valence-electron chi connectivity index (χ0n) is 11.3. The lowest BCUT2D eigenvalue weighted by molar-refractivity contribution is 0.305. The molecule has 1 N–H and O–H groups in total. The summed E-state index contributed by atoms with van der Waals surface area (Å²) in [7, 11) is 0. The molecule has 0 aliphatic heterocycles. The molecule has 0 amide bonds. The first kappa shape index (κ1) is 15.1. The molecule has 0 aromatic heterocycles. The molecular weight excluding hydrogens is 240 g/mol. The van der Waals surface area contributed by atoms with Crippen LogP contribution in [0.25, 0.3) is 0 Å². The third kappa shape index (κ3) is 6.14. The first-order valence-corrected chi connectivity index (χ1v) is 7.68. The quantitative estimate of drug-likeness (QED) is 0.789. The van der Waals surface area contributed by atoms with E-state index in [0.717, 1.165) is 17.2 Å². The summed E-state index contributed by atoms with van der Waals surface area (Å²) in [5, 5.41) is 8.68. The Hall–Kier alpha value is -0.910. The van der Waals surface area contributed by atoms with Crippen molar-refractivity contribution in [3.05, 3.63) is 35.4 Å². The van der Waals surface area contributed by atoms with Crippen molar-refractivity contribution in [3.8, 4) is 11.8 Å². The van der Waals surface area contributed by atoms with E-state index in [1.165, 1.54) is 17.7 Å². The van der Waals surface area contributed by atoms with Crippen LogP contribution in [0.4, 0.5) is 0 Å². The lowest BCUT2D eigenvalue weighted by Gasteiger charge is -2.07. The van der Waals surface area contributed by atoms with Crippen molar-refractivity contribution in [1.29, 1.82) is 0 Å². The Kier molecular flexibility index (Phi) is 7.64. The monoisotopic (exact) mass is 262 g/mol. The molecule has 0 aliphatic rings.